The number of hydrogen-bond acceptors (Lipinski definition) is 4. The van der Waals surface area contributed by atoms with Crippen molar-refractivity contribution in [1.82, 2.24) is 30.1 Å². The molecule has 0 aliphatic carbocycles. The lowest BCUT2D eigenvalue weighted by Gasteiger charge is -2.30. The van der Waals surface area contributed by atoms with Gasteiger partial charge in [-0.1, -0.05) is 13.0 Å². The van der Waals surface area contributed by atoms with Crippen molar-refractivity contribution in [2.24, 2.45) is 10.9 Å². The molecule has 0 bridgehead atoms. The molecule has 28 heavy (non-hydrogen) atoms. The Labute approximate surface area is 168 Å². The number of hydrogen-bond donors (Lipinski definition) is 2. The molecular weight excluding hydrogens is 350 g/mol. The van der Waals surface area contributed by atoms with Gasteiger partial charge in [-0.25, -0.2) is 0 Å². The van der Waals surface area contributed by atoms with E-state index in [4.69, 9.17) is 4.99 Å². The largest absolute Gasteiger partial charge is 0.357 e. The van der Waals surface area contributed by atoms with E-state index >= 15 is 0 Å². The quantitative estimate of drug-likeness (QED) is 0.394. The van der Waals surface area contributed by atoms with E-state index in [1.165, 1.54) is 32.5 Å². The highest BCUT2D eigenvalue weighted by atomic mass is 15.2. The normalized spacial score (nSPS) is 16.6. The molecule has 1 aliphatic heterocycles. The van der Waals surface area contributed by atoms with Gasteiger partial charge in [0.15, 0.2) is 11.6 Å². The van der Waals surface area contributed by atoms with Crippen molar-refractivity contribution in [2.45, 2.75) is 46.0 Å². The Morgan fingerprint density at radius 3 is 2.86 bits per heavy atom. The van der Waals surface area contributed by atoms with Gasteiger partial charge in [0, 0.05) is 32.3 Å². The summed E-state index contributed by atoms with van der Waals surface area (Å²) in [7, 11) is 0. The minimum Gasteiger partial charge on any atom is -0.357 e. The number of nitrogens with zero attached hydrogens (tertiary/aromatic N) is 5. The number of fused-ring (bicyclic) bond motifs is 1. The number of guanidine groups is 1. The fourth-order valence-electron chi connectivity index (χ4n) is 3.63. The van der Waals surface area contributed by atoms with Crippen LogP contribution in [-0.2, 0) is 6.42 Å². The first-order valence-electron chi connectivity index (χ1n) is 10.8. The summed E-state index contributed by atoms with van der Waals surface area (Å²) in [5.74, 6) is 2.82. The van der Waals surface area contributed by atoms with Crippen LogP contribution in [0.3, 0.4) is 0 Å². The van der Waals surface area contributed by atoms with E-state index in [0.717, 1.165) is 62.2 Å². The third kappa shape index (κ3) is 6.19. The molecule has 1 fully saturated rings. The van der Waals surface area contributed by atoms with Crippen molar-refractivity contribution in [1.29, 1.82) is 0 Å². The molecule has 2 aromatic rings. The third-order valence-electron chi connectivity index (χ3n) is 5.38. The highest BCUT2D eigenvalue weighted by Gasteiger charge is 2.14. The summed E-state index contributed by atoms with van der Waals surface area (Å²) in [6.45, 7) is 10.8. The van der Waals surface area contributed by atoms with E-state index in [-0.39, 0.29) is 0 Å². The molecule has 2 N–H and O–H groups in total. The van der Waals surface area contributed by atoms with Gasteiger partial charge in [-0.15, -0.1) is 10.2 Å². The SMILES string of the molecule is CCNC(=NCCCc1nnc2ccccn12)NCCCN1CCC(C)CC1. The molecule has 1 aliphatic rings. The van der Waals surface area contributed by atoms with E-state index in [0.29, 0.717) is 0 Å². The standard InChI is InChI=1S/C21H35N7/c1-3-22-21(24-13-7-14-27-16-10-18(2)11-17-27)23-12-6-9-20-26-25-19-8-4-5-15-28(19)20/h4-5,8,15,18H,3,6-7,9-14,16-17H2,1-2H3,(H2,22,23,24). The van der Waals surface area contributed by atoms with Crippen LogP contribution in [0.2, 0.25) is 0 Å². The maximum absolute atomic E-state index is 4.71. The van der Waals surface area contributed by atoms with Gasteiger partial charge in [0.2, 0.25) is 0 Å². The average molecular weight is 386 g/mol. The Morgan fingerprint density at radius 1 is 1.18 bits per heavy atom. The molecule has 2 aromatic heterocycles. The molecule has 154 valence electrons. The van der Waals surface area contributed by atoms with Gasteiger partial charge in [-0.3, -0.25) is 9.39 Å². The number of nitrogens with one attached hydrogen (secondary N) is 2. The van der Waals surface area contributed by atoms with Crippen molar-refractivity contribution in [3.8, 4) is 0 Å². The van der Waals surface area contributed by atoms with Crippen LogP contribution in [0.25, 0.3) is 5.65 Å². The van der Waals surface area contributed by atoms with Crippen LogP contribution < -0.4 is 10.6 Å². The molecule has 1 saturated heterocycles. The molecule has 0 aromatic carbocycles. The van der Waals surface area contributed by atoms with Gasteiger partial charge < -0.3 is 15.5 Å². The Balaban J connectivity index is 1.36. The second-order valence-electron chi connectivity index (χ2n) is 7.71. The van der Waals surface area contributed by atoms with Gasteiger partial charge in [-0.2, -0.15) is 0 Å². The van der Waals surface area contributed by atoms with Crippen molar-refractivity contribution in [3.05, 3.63) is 30.2 Å². The van der Waals surface area contributed by atoms with E-state index in [1.807, 2.05) is 24.4 Å². The zero-order chi connectivity index (χ0) is 19.6. The number of aliphatic imine (C=N–C) groups is 1. The maximum atomic E-state index is 4.71. The summed E-state index contributed by atoms with van der Waals surface area (Å²) < 4.78 is 2.05. The van der Waals surface area contributed by atoms with E-state index < -0.39 is 0 Å². The first kappa shape index (κ1) is 20.6. The molecular formula is C21H35N7. The number of piperidine rings is 1. The van der Waals surface area contributed by atoms with Gasteiger partial charge in [0.1, 0.15) is 5.82 Å². The fraction of sp³-hybridized carbons (Fsp3) is 0.667. The lowest BCUT2D eigenvalue weighted by Crippen LogP contribution is -2.39. The number of aromatic nitrogens is 3. The molecule has 3 heterocycles. The number of likely N-dealkylation sites (tertiary alicyclic amines) is 1. The van der Waals surface area contributed by atoms with Crippen LogP contribution in [0.5, 0.6) is 0 Å². The zero-order valence-corrected chi connectivity index (χ0v) is 17.4. The van der Waals surface area contributed by atoms with Crippen LogP contribution in [0.15, 0.2) is 29.4 Å². The predicted molar refractivity (Wildman–Crippen MR) is 115 cm³/mol. The first-order chi connectivity index (χ1) is 13.8. The Kier molecular flexibility index (Phi) is 8.08. The second-order valence-corrected chi connectivity index (χ2v) is 7.71. The number of aryl methyl sites for hydroxylation is 1. The summed E-state index contributed by atoms with van der Waals surface area (Å²) in [6, 6.07) is 5.97. The molecule has 3 rings (SSSR count). The smallest absolute Gasteiger partial charge is 0.191 e. The van der Waals surface area contributed by atoms with E-state index in [1.54, 1.807) is 0 Å². The molecule has 7 nitrogen and oxygen atoms in total. The lowest BCUT2D eigenvalue weighted by molar-refractivity contribution is 0.191. The van der Waals surface area contributed by atoms with Crippen molar-refractivity contribution < 1.29 is 0 Å². The minimum absolute atomic E-state index is 0.779. The van der Waals surface area contributed by atoms with Crippen LogP contribution in [-0.4, -0.2) is 64.7 Å². The summed E-state index contributed by atoms with van der Waals surface area (Å²) in [6.07, 6.45) is 7.70. The van der Waals surface area contributed by atoms with E-state index in [2.05, 4.69) is 44.0 Å². The molecule has 0 unspecified atom stereocenters. The van der Waals surface area contributed by atoms with Crippen molar-refractivity contribution in [3.63, 3.8) is 0 Å². The van der Waals surface area contributed by atoms with Crippen molar-refractivity contribution >= 4 is 11.6 Å². The lowest BCUT2D eigenvalue weighted by atomic mass is 9.99. The topological polar surface area (TPSA) is 69.8 Å². The van der Waals surface area contributed by atoms with Crippen LogP contribution in [0, 0.1) is 5.92 Å². The molecule has 0 amide bonds. The predicted octanol–water partition coefficient (Wildman–Crippen LogP) is 2.34. The van der Waals surface area contributed by atoms with Crippen LogP contribution in [0.1, 0.15) is 45.4 Å². The molecule has 0 radical (unpaired) electrons. The second kappa shape index (κ2) is 11.0. The molecule has 7 heteroatoms. The number of rotatable bonds is 9. The maximum Gasteiger partial charge on any atom is 0.191 e. The summed E-state index contributed by atoms with van der Waals surface area (Å²) >= 11 is 0. The fourth-order valence-corrected chi connectivity index (χ4v) is 3.63. The first-order valence-corrected chi connectivity index (χ1v) is 10.8. The van der Waals surface area contributed by atoms with Gasteiger partial charge in [0.05, 0.1) is 0 Å². The summed E-state index contributed by atoms with van der Waals surface area (Å²) in [4.78, 5) is 7.30. The Morgan fingerprint density at radius 2 is 2.04 bits per heavy atom. The van der Waals surface area contributed by atoms with Gasteiger partial charge in [0.25, 0.3) is 0 Å². The highest BCUT2D eigenvalue weighted by Crippen LogP contribution is 2.15. The number of pyridine rings is 1. The summed E-state index contributed by atoms with van der Waals surface area (Å²) in [5.41, 5.74) is 0.902. The van der Waals surface area contributed by atoms with Gasteiger partial charge >= 0.3 is 0 Å². The summed E-state index contributed by atoms with van der Waals surface area (Å²) in [5, 5.41) is 15.3. The van der Waals surface area contributed by atoms with Crippen molar-refractivity contribution in [2.75, 3.05) is 39.3 Å². The Bertz CT molecular complexity index is 731. The monoisotopic (exact) mass is 385 g/mol. The Hall–Kier alpha value is -2.15. The minimum atomic E-state index is 0.779. The van der Waals surface area contributed by atoms with Crippen LogP contribution in [0.4, 0.5) is 0 Å². The zero-order valence-electron chi connectivity index (χ0n) is 17.4. The molecule has 0 atom stereocenters. The third-order valence-corrected chi connectivity index (χ3v) is 5.38. The van der Waals surface area contributed by atoms with E-state index in [9.17, 15) is 0 Å². The van der Waals surface area contributed by atoms with Gasteiger partial charge in [-0.05, 0) is 70.3 Å². The molecule has 0 saturated carbocycles. The molecule has 0 spiro atoms. The highest BCUT2D eigenvalue weighted by molar-refractivity contribution is 5.79. The average Bonchev–Trinajstić information content (AvgIpc) is 3.13. The van der Waals surface area contributed by atoms with Crippen LogP contribution >= 0.6 is 0 Å².